The number of thioether (sulfide) groups is 1. The molecule has 1 fully saturated rings. The molecule has 1 aromatic heterocycles. The second-order valence-electron chi connectivity index (χ2n) is 10.1. The number of benzene rings is 2. The molecule has 1 amide bonds. The van der Waals surface area contributed by atoms with Crippen molar-refractivity contribution in [3.05, 3.63) is 64.6 Å². The van der Waals surface area contributed by atoms with Crippen LogP contribution in [-0.2, 0) is 17.5 Å². The Morgan fingerprint density at radius 1 is 1.15 bits per heavy atom. The van der Waals surface area contributed by atoms with E-state index in [-0.39, 0.29) is 65.0 Å². The average molecular weight is 580 g/mol. The Bertz CT molecular complexity index is 1580. The molecule has 0 saturated carbocycles. The number of hydrogen-bond acceptors (Lipinski definition) is 6. The Morgan fingerprint density at radius 3 is 2.42 bits per heavy atom. The zero-order chi connectivity index (χ0) is 29.1. The molecule has 1 saturated heterocycles. The number of rotatable bonds is 3. The van der Waals surface area contributed by atoms with Crippen LogP contribution in [0.3, 0.4) is 0 Å². The molecule has 5 rings (SSSR count). The molecule has 0 aliphatic carbocycles. The number of halogens is 5. The van der Waals surface area contributed by atoms with Crippen LogP contribution < -0.4 is 16.3 Å². The second-order valence-corrected chi connectivity index (χ2v) is 11.1. The van der Waals surface area contributed by atoms with Crippen LogP contribution >= 0.6 is 11.8 Å². The van der Waals surface area contributed by atoms with Gasteiger partial charge in [-0.1, -0.05) is 6.58 Å². The lowest BCUT2D eigenvalue weighted by molar-refractivity contribution is -0.137. The van der Waals surface area contributed by atoms with Crippen LogP contribution in [0.4, 0.5) is 27.8 Å². The summed E-state index contributed by atoms with van der Waals surface area (Å²) in [5, 5.41) is 0.0534. The van der Waals surface area contributed by atoms with E-state index < -0.39 is 46.2 Å². The fraction of sp³-hybridized carbons (Fsp3) is 0.370. The van der Waals surface area contributed by atoms with Crippen LogP contribution in [0.25, 0.3) is 22.0 Å². The van der Waals surface area contributed by atoms with E-state index in [0.717, 1.165) is 30.0 Å². The molecule has 212 valence electrons. The predicted molar refractivity (Wildman–Crippen MR) is 143 cm³/mol. The van der Waals surface area contributed by atoms with Crippen molar-refractivity contribution < 1.29 is 26.7 Å². The number of alkyl halides is 3. The fourth-order valence-corrected chi connectivity index (χ4v) is 6.85. The van der Waals surface area contributed by atoms with Crippen molar-refractivity contribution in [1.29, 1.82) is 0 Å². The van der Waals surface area contributed by atoms with Gasteiger partial charge in [0.05, 0.1) is 11.1 Å². The van der Waals surface area contributed by atoms with Crippen molar-refractivity contribution in [1.82, 2.24) is 14.5 Å². The summed E-state index contributed by atoms with van der Waals surface area (Å²) in [5.41, 5.74) is 3.57. The monoisotopic (exact) mass is 579 g/mol. The predicted octanol–water partition coefficient (Wildman–Crippen LogP) is 4.41. The average Bonchev–Trinajstić information content (AvgIpc) is 3.05. The summed E-state index contributed by atoms with van der Waals surface area (Å²) in [7, 11) is 0. The van der Waals surface area contributed by atoms with Gasteiger partial charge in [-0.25, -0.2) is 13.6 Å². The molecule has 3 atom stereocenters. The van der Waals surface area contributed by atoms with Gasteiger partial charge in [0, 0.05) is 71.0 Å². The van der Waals surface area contributed by atoms with Gasteiger partial charge in [0.15, 0.2) is 0 Å². The van der Waals surface area contributed by atoms with Crippen molar-refractivity contribution in [3.63, 3.8) is 0 Å². The minimum atomic E-state index is -4.93. The van der Waals surface area contributed by atoms with Gasteiger partial charge >= 0.3 is 11.9 Å². The third-order valence-electron chi connectivity index (χ3n) is 7.21. The summed E-state index contributed by atoms with van der Waals surface area (Å²) in [4.78, 5) is 33.3. The van der Waals surface area contributed by atoms with Crippen LogP contribution in [0.15, 0.2) is 46.6 Å². The topological polar surface area (TPSA) is 84.5 Å². The van der Waals surface area contributed by atoms with E-state index in [0.29, 0.717) is 6.07 Å². The normalized spacial score (nSPS) is 21.4. The smallest absolute Gasteiger partial charge is 0.352 e. The number of aromatic nitrogens is 2. The number of hydrogen-bond donors (Lipinski definition) is 1. The standard InChI is InChI=1S/C27H26F5N5O2S/c1-4-21(38)37-13(2)9-35(10-14(37)3)25-18-8-19(27(30,31)32)22(17-6-5-15(28)7-20(17)29)24-23(18)36(26(39)34-25)11-16(33)12-40-24/h4-8,13-14,16H,1,9-12,33H2,2-3H3/t13-,14+,16?. The van der Waals surface area contributed by atoms with Crippen molar-refractivity contribution in [2.24, 2.45) is 5.73 Å². The van der Waals surface area contributed by atoms with Crippen LogP contribution in [0.5, 0.6) is 0 Å². The van der Waals surface area contributed by atoms with Gasteiger partial charge in [0.2, 0.25) is 5.91 Å². The van der Waals surface area contributed by atoms with E-state index in [1.807, 2.05) is 0 Å². The first-order valence-electron chi connectivity index (χ1n) is 12.5. The lowest BCUT2D eigenvalue weighted by Gasteiger charge is -2.44. The molecule has 13 heteroatoms. The number of nitrogens with two attached hydrogens (primary N) is 1. The van der Waals surface area contributed by atoms with Crippen molar-refractivity contribution >= 4 is 34.4 Å². The molecular weight excluding hydrogens is 553 g/mol. The fourth-order valence-electron chi connectivity index (χ4n) is 5.64. The highest BCUT2D eigenvalue weighted by atomic mass is 32.2. The Morgan fingerprint density at radius 2 is 1.82 bits per heavy atom. The highest BCUT2D eigenvalue weighted by Gasteiger charge is 2.40. The quantitative estimate of drug-likeness (QED) is 0.366. The van der Waals surface area contributed by atoms with Crippen LogP contribution in [-0.4, -0.2) is 57.3 Å². The SMILES string of the molecule is C=CC(=O)N1[C@H](C)CN(c2nc(=O)n3c4c(c(-c5ccc(F)cc5F)c(C(F)(F)F)cc24)SCC(N)C3)C[C@@H]1C. The number of amides is 1. The summed E-state index contributed by atoms with van der Waals surface area (Å²) in [5.74, 6) is -2.19. The Labute approximate surface area is 230 Å². The van der Waals surface area contributed by atoms with Gasteiger partial charge in [-0.05, 0) is 38.1 Å². The van der Waals surface area contributed by atoms with Crippen LogP contribution in [0, 0.1) is 11.6 Å². The summed E-state index contributed by atoms with van der Waals surface area (Å²) in [6.07, 6.45) is -3.73. The molecular formula is C27H26F5N5O2S. The molecule has 0 bridgehead atoms. The molecule has 0 spiro atoms. The Balaban J connectivity index is 1.83. The summed E-state index contributed by atoms with van der Waals surface area (Å²) in [6.45, 7) is 7.51. The van der Waals surface area contributed by atoms with E-state index in [9.17, 15) is 27.2 Å². The largest absolute Gasteiger partial charge is 0.417 e. The van der Waals surface area contributed by atoms with E-state index in [4.69, 9.17) is 5.73 Å². The maximum atomic E-state index is 15.0. The molecule has 40 heavy (non-hydrogen) atoms. The van der Waals surface area contributed by atoms with Gasteiger partial charge in [-0.3, -0.25) is 9.36 Å². The Kier molecular flexibility index (Phi) is 7.15. The van der Waals surface area contributed by atoms with Gasteiger partial charge in [0.1, 0.15) is 17.5 Å². The van der Waals surface area contributed by atoms with Gasteiger partial charge in [0.25, 0.3) is 0 Å². The molecule has 3 aromatic rings. The van der Waals surface area contributed by atoms with E-state index in [1.54, 1.807) is 23.6 Å². The van der Waals surface area contributed by atoms with Crippen LogP contribution in [0.2, 0.25) is 0 Å². The van der Waals surface area contributed by atoms with Gasteiger partial charge in [-0.2, -0.15) is 18.2 Å². The number of carbonyl (C=O) groups excluding carboxylic acids is 1. The highest BCUT2D eigenvalue weighted by molar-refractivity contribution is 7.99. The third kappa shape index (κ3) is 4.74. The molecule has 0 radical (unpaired) electrons. The summed E-state index contributed by atoms with van der Waals surface area (Å²) < 4.78 is 73.9. The zero-order valence-electron chi connectivity index (χ0n) is 21.6. The number of carbonyl (C=O) groups is 1. The van der Waals surface area contributed by atoms with Crippen molar-refractivity contribution in [3.8, 4) is 11.1 Å². The van der Waals surface area contributed by atoms with Crippen molar-refractivity contribution in [2.45, 2.75) is 49.6 Å². The number of piperazine rings is 1. The summed E-state index contributed by atoms with van der Waals surface area (Å²) >= 11 is 0.992. The minimum absolute atomic E-state index is 0.00621. The molecule has 2 aromatic carbocycles. The number of anilines is 1. The van der Waals surface area contributed by atoms with Crippen molar-refractivity contribution in [2.75, 3.05) is 23.7 Å². The molecule has 2 aliphatic rings. The van der Waals surface area contributed by atoms with E-state index in [1.165, 1.54) is 10.6 Å². The van der Waals surface area contributed by atoms with Crippen LogP contribution in [0.1, 0.15) is 19.4 Å². The first-order chi connectivity index (χ1) is 18.8. The third-order valence-corrected chi connectivity index (χ3v) is 8.49. The van der Waals surface area contributed by atoms with Gasteiger partial charge < -0.3 is 15.5 Å². The maximum Gasteiger partial charge on any atom is 0.417 e. The first-order valence-corrected chi connectivity index (χ1v) is 13.5. The summed E-state index contributed by atoms with van der Waals surface area (Å²) in [6, 6.07) is 1.94. The molecule has 1 unspecified atom stereocenters. The highest BCUT2D eigenvalue weighted by Crippen LogP contribution is 2.48. The Hall–Kier alpha value is -3.45. The van der Waals surface area contributed by atoms with Gasteiger partial charge in [-0.15, -0.1) is 11.8 Å². The molecule has 2 N–H and O–H groups in total. The van der Waals surface area contributed by atoms with E-state index >= 15 is 4.39 Å². The lowest BCUT2D eigenvalue weighted by atomic mass is 9.95. The van der Waals surface area contributed by atoms with E-state index in [2.05, 4.69) is 11.6 Å². The molecule has 2 aliphatic heterocycles. The lowest BCUT2D eigenvalue weighted by Crippen LogP contribution is -2.58. The second kappa shape index (κ2) is 10.2. The first kappa shape index (κ1) is 28.1. The zero-order valence-corrected chi connectivity index (χ0v) is 22.5. The maximum absolute atomic E-state index is 15.0. The molecule has 7 nitrogen and oxygen atoms in total. The molecule has 3 heterocycles. The number of nitrogens with zero attached hydrogens (tertiary/aromatic N) is 4. The minimum Gasteiger partial charge on any atom is -0.352 e.